The first kappa shape index (κ1) is 21.2. The summed E-state index contributed by atoms with van der Waals surface area (Å²) in [7, 11) is 0. The number of hydrogen-bond donors (Lipinski definition) is 3. The smallest absolute Gasteiger partial charge is 0.274 e. The number of aliphatic hydroxyl groups excluding tert-OH is 1. The van der Waals surface area contributed by atoms with E-state index in [0.717, 1.165) is 6.07 Å². The van der Waals surface area contributed by atoms with Gasteiger partial charge in [-0.3, -0.25) is 14.0 Å². The molecule has 0 saturated carbocycles. The largest absolute Gasteiger partial charge is 0.386 e. The van der Waals surface area contributed by atoms with Crippen molar-refractivity contribution in [3.05, 3.63) is 102 Å². The van der Waals surface area contributed by atoms with E-state index in [1.807, 2.05) is 6.07 Å². The molecule has 8 heteroatoms. The van der Waals surface area contributed by atoms with Crippen LogP contribution in [0.15, 0.2) is 79.1 Å². The number of halogens is 1. The van der Waals surface area contributed by atoms with Gasteiger partial charge in [-0.05, 0) is 42.8 Å². The molecule has 162 valence electrons. The zero-order chi connectivity index (χ0) is 22.7. The van der Waals surface area contributed by atoms with E-state index in [-0.39, 0.29) is 16.9 Å². The average Bonchev–Trinajstić information content (AvgIpc) is 3.25. The maximum atomic E-state index is 14.4. The van der Waals surface area contributed by atoms with Gasteiger partial charge in [0.15, 0.2) is 0 Å². The van der Waals surface area contributed by atoms with Crippen molar-refractivity contribution in [2.75, 3.05) is 5.32 Å². The molecule has 2 aromatic heterocycles. The number of pyridine rings is 1. The van der Waals surface area contributed by atoms with Crippen molar-refractivity contribution >= 4 is 23.1 Å². The molecule has 0 bridgehead atoms. The highest BCUT2D eigenvalue weighted by Crippen LogP contribution is 2.20. The Morgan fingerprint density at radius 2 is 1.78 bits per heavy atom. The first-order valence-electron chi connectivity index (χ1n) is 10.0. The van der Waals surface area contributed by atoms with Crippen LogP contribution in [0, 0.1) is 5.82 Å². The molecule has 2 heterocycles. The monoisotopic (exact) mass is 432 g/mol. The van der Waals surface area contributed by atoms with Gasteiger partial charge in [0, 0.05) is 11.8 Å². The van der Waals surface area contributed by atoms with Crippen molar-refractivity contribution in [3.8, 4) is 0 Å². The minimum absolute atomic E-state index is 0.134. The molecule has 0 aliphatic heterocycles. The number of fused-ring (bicyclic) bond motifs is 1. The van der Waals surface area contributed by atoms with Gasteiger partial charge in [-0.15, -0.1) is 0 Å². The summed E-state index contributed by atoms with van der Waals surface area (Å²) in [4.78, 5) is 29.5. The van der Waals surface area contributed by atoms with Crippen molar-refractivity contribution in [1.29, 1.82) is 0 Å². The van der Waals surface area contributed by atoms with Crippen LogP contribution in [-0.4, -0.2) is 32.3 Å². The lowest BCUT2D eigenvalue weighted by Crippen LogP contribution is -2.37. The second-order valence-corrected chi connectivity index (χ2v) is 7.34. The molecule has 0 unspecified atom stereocenters. The summed E-state index contributed by atoms with van der Waals surface area (Å²) in [6.07, 6.45) is 2.16. The molecule has 4 rings (SSSR count). The van der Waals surface area contributed by atoms with E-state index in [1.165, 1.54) is 18.3 Å². The van der Waals surface area contributed by atoms with Crippen molar-refractivity contribution < 1.29 is 19.1 Å². The van der Waals surface area contributed by atoms with E-state index in [0.29, 0.717) is 11.2 Å². The second kappa shape index (κ2) is 8.99. The number of aliphatic hydroxyl groups is 1. The standard InChI is InChI=1S/C24H21FN4O3/c1-15(22(30)16-7-3-2-4-8-16)27-23(31)17-10-11-18(25)19(13-17)28-24(32)20-14-26-21-9-5-6-12-29(20)21/h2-15,22,30H,1H3,(H,27,31)(H,28,32)/t15-,22+/m0/s1. The highest BCUT2D eigenvalue weighted by Gasteiger charge is 2.20. The van der Waals surface area contributed by atoms with E-state index < -0.39 is 29.8 Å². The van der Waals surface area contributed by atoms with Crippen LogP contribution in [0.2, 0.25) is 0 Å². The van der Waals surface area contributed by atoms with Gasteiger partial charge in [0.1, 0.15) is 17.2 Å². The van der Waals surface area contributed by atoms with Crippen molar-refractivity contribution in [3.63, 3.8) is 0 Å². The number of benzene rings is 2. The number of carbonyl (C=O) groups excluding carboxylic acids is 2. The summed E-state index contributed by atoms with van der Waals surface area (Å²) in [5.41, 5.74) is 1.49. The molecule has 2 aromatic carbocycles. The molecule has 0 aliphatic rings. The Morgan fingerprint density at radius 3 is 2.56 bits per heavy atom. The lowest BCUT2D eigenvalue weighted by atomic mass is 10.0. The molecule has 7 nitrogen and oxygen atoms in total. The number of rotatable bonds is 6. The summed E-state index contributed by atoms with van der Waals surface area (Å²) in [5.74, 6) is -1.74. The first-order valence-corrected chi connectivity index (χ1v) is 10.0. The molecule has 0 spiro atoms. The molecule has 0 fully saturated rings. The zero-order valence-corrected chi connectivity index (χ0v) is 17.2. The third-order valence-electron chi connectivity index (χ3n) is 5.10. The minimum Gasteiger partial charge on any atom is -0.386 e. The number of imidazole rings is 1. The Kier molecular flexibility index (Phi) is 5.96. The number of aromatic nitrogens is 2. The van der Waals surface area contributed by atoms with Gasteiger partial charge < -0.3 is 15.7 Å². The Morgan fingerprint density at radius 1 is 1.03 bits per heavy atom. The molecule has 0 radical (unpaired) electrons. The number of nitrogens with one attached hydrogen (secondary N) is 2. The van der Waals surface area contributed by atoms with E-state index in [1.54, 1.807) is 60.0 Å². The maximum absolute atomic E-state index is 14.4. The topological polar surface area (TPSA) is 95.7 Å². The zero-order valence-electron chi connectivity index (χ0n) is 17.2. The third-order valence-corrected chi connectivity index (χ3v) is 5.10. The van der Waals surface area contributed by atoms with Gasteiger partial charge in [0.05, 0.1) is 24.0 Å². The van der Waals surface area contributed by atoms with Gasteiger partial charge in [0.25, 0.3) is 11.8 Å². The third kappa shape index (κ3) is 4.35. The Bertz CT molecular complexity index is 1270. The van der Waals surface area contributed by atoms with Crippen molar-refractivity contribution in [2.45, 2.75) is 19.1 Å². The van der Waals surface area contributed by atoms with Crippen LogP contribution < -0.4 is 10.6 Å². The van der Waals surface area contributed by atoms with Gasteiger partial charge in [-0.2, -0.15) is 0 Å². The lowest BCUT2D eigenvalue weighted by molar-refractivity contribution is 0.0851. The van der Waals surface area contributed by atoms with Crippen LogP contribution in [0.5, 0.6) is 0 Å². The normalized spacial score (nSPS) is 12.8. The highest BCUT2D eigenvalue weighted by molar-refractivity contribution is 6.04. The SMILES string of the molecule is C[C@H](NC(=O)c1ccc(F)c(NC(=O)c2cnc3ccccn23)c1)[C@@H](O)c1ccccc1. The van der Waals surface area contributed by atoms with Gasteiger partial charge >= 0.3 is 0 Å². The fourth-order valence-electron chi connectivity index (χ4n) is 3.36. The fourth-order valence-corrected chi connectivity index (χ4v) is 3.36. The molecule has 32 heavy (non-hydrogen) atoms. The van der Waals surface area contributed by atoms with Crippen molar-refractivity contribution in [1.82, 2.24) is 14.7 Å². The summed E-state index contributed by atoms with van der Waals surface area (Å²) in [5, 5.41) is 15.7. The minimum atomic E-state index is -0.907. The Hall–Kier alpha value is -4.04. The first-order chi connectivity index (χ1) is 15.4. The van der Waals surface area contributed by atoms with Gasteiger partial charge in [-0.1, -0.05) is 36.4 Å². The molecule has 2 atom stereocenters. The Balaban J connectivity index is 1.49. The fraction of sp³-hybridized carbons (Fsp3) is 0.125. The van der Waals surface area contributed by atoms with Crippen LogP contribution in [0.3, 0.4) is 0 Å². The predicted molar refractivity (Wildman–Crippen MR) is 118 cm³/mol. The predicted octanol–water partition coefficient (Wildman–Crippen LogP) is 3.58. The molecule has 3 N–H and O–H groups in total. The van der Waals surface area contributed by atoms with Gasteiger partial charge in [-0.25, -0.2) is 9.37 Å². The van der Waals surface area contributed by atoms with Gasteiger partial charge in [0.2, 0.25) is 0 Å². The molecule has 0 aliphatic carbocycles. The number of anilines is 1. The van der Waals surface area contributed by atoms with E-state index in [4.69, 9.17) is 0 Å². The number of carbonyl (C=O) groups is 2. The number of amides is 2. The molecular weight excluding hydrogens is 411 g/mol. The maximum Gasteiger partial charge on any atom is 0.274 e. The van der Waals surface area contributed by atoms with Crippen LogP contribution >= 0.6 is 0 Å². The van der Waals surface area contributed by atoms with E-state index in [9.17, 15) is 19.1 Å². The summed E-state index contributed by atoms with van der Waals surface area (Å²) in [6.45, 7) is 1.67. The molecular formula is C24H21FN4O3. The highest BCUT2D eigenvalue weighted by atomic mass is 19.1. The lowest BCUT2D eigenvalue weighted by Gasteiger charge is -2.21. The van der Waals surface area contributed by atoms with Crippen LogP contribution in [0.25, 0.3) is 5.65 Å². The average molecular weight is 432 g/mol. The number of hydrogen-bond acceptors (Lipinski definition) is 4. The summed E-state index contributed by atoms with van der Waals surface area (Å²) < 4.78 is 15.9. The van der Waals surface area contributed by atoms with E-state index >= 15 is 0 Å². The molecule has 0 saturated heterocycles. The van der Waals surface area contributed by atoms with Crippen LogP contribution in [-0.2, 0) is 0 Å². The molecule has 2 amide bonds. The number of nitrogens with zero attached hydrogens (tertiary/aromatic N) is 2. The quantitative estimate of drug-likeness (QED) is 0.434. The Labute approximate surface area is 183 Å². The van der Waals surface area contributed by atoms with Crippen LogP contribution in [0.1, 0.15) is 39.4 Å². The van der Waals surface area contributed by atoms with E-state index in [2.05, 4.69) is 15.6 Å². The van der Waals surface area contributed by atoms with Crippen LogP contribution in [0.4, 0.5) is 10.1 Å². The van der Waals surface area contributed by atoms with Crippen molar-refractivity contribution in [2.24, 2.45) is 0 Å². The summed E-state index contributed by atoms with van der Waals surface area (Å²) in [6, 6.07) is 17.3. The second-order valence-electron chi connectivity index (χ2n) is 7.34. The summed E-state index contributed by atoms with van der Waals surface area (Å²) >= 11 is 0. The molecule has 4 aromatic rings.